The molecule has 84 valence electrons. The van der Waals surface area contributed by atoms with Crippen LogP contribution in [-0.2, 0) is 8.85 Å². The van der Waals surface area contributed by atoms with E-state index in [9.17, 15) is 0 Å². The molecule has 0 spiro atoms. The van der Waals surface area contributed by atoms with E-state index < -0.39 is 17.1 Å². The van der Waals surface area contributed by atoms with E-state index in [1.807, 2.05) is 0 Å². The van der Waals surface area contributed by atoms with Gasteiger partial charge in [-0.15, -0.1) is 0 Å². The van der Waals surface area contributed by atoms with Crippen molar-refractivity contribution >= 4 is 17.1 Å². The van der Waals surface area contributed by atoms with Crippen LogP contribution in [0.5, 0.6) is 0 Å². The van der Waals surface area contributed by atoms with Crippen LogP contribution >= 0.6 is 0 Å². The number of hydrogen-bond acceptors (Lipinski definition) is 2. The van der Waals surface area contributed by atoms with E-state index in [-0.39, 0.29) is 0 Å². The molecule has 0 heterocycles. The molecule has 0 aromatic carbocycles. The van der Waals surface area contributed by atoms with Gasteiger partial charge in [0.15, 0.2) is 0 Å². The van der Waals surface area contributed by atoms with E-state index in [1.165, 1.54) is 6.42 Å². The summed E-state index contributed by atoms with van der Waals surface area (Å²) in [6, 6.07) is 0. The average Bonchev–Trinajstić information content (AvgIpc) is 2.16. The first-order valence-electron chi connectivity index (χ1n) is 5.46. The van der Waals surface area contributed by atoms with Crippen molar-refractivity contribution in [2.45, 2.75) is 52.6 Å². The first-order chi connectivity index (χ1) is 6.49. The Hall–Kier alpha value is 0.354. The molecule has 4 heteroatoms. The zero-order chi connectivity index (χ0) is 11.2. The summed E-state index contributed by atoms with van der Waals surface area (Å²) in [6.45, 7) is 15.0. The highest BCUT2D eigenvalue weighted by molar-refractivity contribution is 7.17. The summed E-state index contributed by atoms with van der Waals surface area (Å²) >= 11 is 0. The molecule has 0 N–H and O–H groups in total. The summed E-state index contributed by atoms with van der Waals surface area (Å²) in [4.78, 5) is 0. The van der Waals surface area contributed by atoms with Crippen molar-refractivity contribution in [1.29, 1.82) is 0 Å². The molecule has 0 aliphatic rings. The Kier molecular flexibility index (Phi) is 6.94. The largest absolute Gasteiger partial charge is 0.396 e. The summed E-state index contributed by atoms with van der Waals surface area (Å²) in [5, 5.41) is 0.420. The summed E-state index contributed by atoms with van der Waals surface area (Å²) in [6.07, 6.45) is 1.21. The van der Waals surface area contributed by atoms with Crippen LogP contribution in [0.2, 0.25) is 11.6 Å². The molecule has 2 radical (unpaired) electrons. The SMILES string of the molecule is CCO[Si](OCC)[Si](C)C(C)(C)CC. The summed E-state index contributed by atoms with van der Waals surface area (Å²) in [5.41, 5.74) is 0. The summed E-state index contributed by atoms with van der Waals surface area (Å²) < 4.78 is 11.5. The van der Waals surface area contributed by atoms with E-state index in [0.717, 1.165) is 13.2 Å². The van der Waals surface area contributed by atoms with Gasteiger partial charge in [0.1, 0.15) is 8.31 Å². The third kappa shape index (κ3) is 4.25. The molecule has 0 amide bonds. The highest BCUT2D eigenvalue weighted by atomic mass is 29.2. The van der Waals surface area contributed by atoms with E-state index in [1.54, 1.807) is 0 Å². The zero-order valence-corrected chi connectivity index (χ0v) is 12.4. The molecule has 0 unspecified atom stereocenters. The van der Waals surface area contributed by atoms with Crippen LogP contribution in [0.4, 0.5) is 0 Å². The van der Waals surface area contributed by atoms with Crippen molar-refractivity contribution in [3.63, 3.8) is 0 Å². The smallest absolute Gasteiger partial charge is 0.356 e. The van der Waals surface area contributed by atoms with Crippen LogP contribution in [-0.4, -0.2) is 30.3 Å². The molecule has 0 bridgehead atoms. The molecule has 0 aromatic heterocycles. The Morgan fingerprint density at radius 2 is 1.43 bits per heavy atom. The lowest BCUT2D eigenvalue weighted by Gasteiger charge is -2.32. The Morgan fingerprint density at radius 1 is 1.00 bits per heavy atom. The van der Waals surface area contributed by atoms with Crippen LogP contribution in [0.1, 0.15) is 41.0 Å². The van der Waals surface area contributed by atoms with Gasteiger partial charge in [-0.2, -0.15) is 0 Å². The molecule has 0 aliphatic carbocycles. The van der Waals surface area contributed by atoms with E-state index in [4.69, 9.17) is 8.85 Å². The highest BCUT2D eigenvalue weighted by Crippen LogP contribution is 2.33. The molecule has 0 saturated heterocycles. The van der Waals surface area contributed by atoms with Crippen LogP contribution in [0.25, 0.3) is 0 Å². The van der Waals surface area contributed by atoms with Gasteiger partial charge in [0, 0.05) is 13.2 Å². The maximum absolute atomic E-state index is 5.76. The quantitative estimate of drug-likeness (QED) is 0.628. The lowest BCUT2D eigenvalue weighted by atomic mass is 10.1. The standard InChI is InChI=1S/C10H24O2Si2/c1-7-10(4,5)13(6)14(11-8-2)12-9-3/h7-9H2,1-6H3. The lowest BCUT2D eigenvalue weighted by Crippen LogP contribution is -2.45. The van der Waals surface area contributed by atoms with Gasteiger partial charge in [-0.05, 0) is 18.9 Å². The number of rotatable bonds is 7. The second-order valence-corrected chi connectivity index (χ2v) is 11.2. The van der Waals surface area contributed by atoms with Gasteiger partial charge in [-0.1, -0.05) is 33.7 Å². The predicted octanol–water partition coefficient (Wildman–Crippen LogP) is 2.94. The van der Waals surface area contributed by atoms with Crippen molar-refractivity contribution in [3.8, 4) is 0 Å². The van der Waals surface area contributed by atoms with Crippen LogP contribution in [0, 0.1) is 0 Å². The maximum Gasteiger partial charge on any atom is 0.356 e. The summed E-state index contributed by atoms with van der Waals surface area (Å²) in [7, 11) is -1.51. The van der Waals surface area contributed by atoms with Gasteiger partial charge >= 0.3 is 8.80 Å². The van der Waals surface area contributed by atoms with Gasteiger partial charge in [0.05, 0.1) is 0 Å². The van der Waals surface area contributed by atoms with Gasteiger partial charge < -0.3 is 8.85 Å². The molecular formula is C10H24O2Si2. The average molecular weight is 232 g/mol. The molecule has 0 aromatic rings. The maximum atomic E-state index is 5.76. The first-order valence-corrected chi connectivity index (χ1v) is 9.78. The van der Waals surface area contributed by atoms with Crippen molar-refractivity contribution in [2.75, 3.05) is 13.2 Å². The Labute approximate surface area is 92.2 Å². The first kappa shape index (κ1) is 14.4. The van der Waals surface area contributed by atoms with Crippen molar-refractivity contribution in [2.24, 2.45) is 0 Å². The lowest BCUT2D eigenvalue weighted by molar-refractivity contribution is 0.228. The van der Waals surface area contributed by atoms with Crippen molar-refractivity contribution in [3.05, 3.63) is 0 Å². The van der Waals surface area contributed by atoms with Gasteiger partial charge in [0.2, 0.25) is 0 Å². The monoisotopic (exact) mass is 232 g/mol. The molecule has 14 heavy (non-hydrogen) atoms. The fraction of sp³-hybridized carbons (Fsp3) is 1.00. The van der Waals surface area contributed by atoms with Crippen molar-refractivity contribution in [1.82, 2.24) is 0 Å². The third-order valence-corrected chi connectivity index (χ3v) is 11.6. The van der Waals surface area contributed by atoms with E-state index in [0.29, 0.717) is 5.04 Å². The summed E-state index contributed by atoms with van der Waals surface area (Å²) in [5.74, 6) is 0. The Bertz CT molecular complexity index is 145. The van der Waals surface area contributed by atoms with Gasteiger partial charge in [-0.3, -0.25) is 0 Å². The predicted molar refractivity (Wildman–Crippen MR) is 65.0 cm³/mol. The van der Waals surface area contributed by atoms with Gasteiger partial charge in [-0.25, -0.2) is 0 Å². The van der Waals surface area contributed by atoms with E-state index in [2.05, 4.69) is 41.2 Å². The second-order valence-electron chi connectivity index (χ2n) is 4.02. The minimum Gasteiger partial charge on any atom is -0.396 e. The zero-order valence-electron chi connectivity index (χ0n) is 10.4. The van der Waals surface area contributed by atoms with Crippen LogP contribution in [0.15, 0.2) is 0 Å². The highest BCUT2D eigenvalue weighted by Gasteiger charge is 2.37. The third-order valence-electron chi connectivity index (χ3n) is 2.76. The number of hydrogen-bond donors (Lipinski definition) is 0. The molecule has 0 rings (SSSR count). The normalized spacial score (nSPS) is 12.9. The minimum absolute atomic E-state index is 0.420. The molecule has 2 nitrogen and oxygen atoms in total. The fourth-order valence-corrected chi connectivity index (χ4v) is 7.54. The van der Waals surface area contributed by atoms with Crippen LogP contribution in [0.3, 0.4) is 0 Å². The van der Waals surface area contributed by atoms with Crippen molar-refractivity contribution < 1.29 is 8.85 Å². The molecule has 0 saturated carbocycles. The Morgan fingerprint density at radius 3 is 1.71 bits per heavy atom. The molecule has 0 fully saturated rings. The Balaban J connectivity index is 4.33. The van der Waals surface area contributed by atoms with Gasteiger partial charge in [0.25, 0.3) is 0 Å². The second kappa shape index (κ2) is 6.77. The van der Waals surface area contributed by atoms with Crippen LogP contribution < -0.4 is 0 Å². The topological polar surface area (TPSA) is 18.5 Å². The fourth-order valence-electron chi connectivity index (χ4n) is 1.06. The minimum atomic E-state index is -0.991. The molecular weight excluding hydrogens is 208 g/mol. The molecule has 0 atom stereocenters. The van der Waals surface area contributed by atoms with E-state index >= 15 is 0 Å². The molecule has 0 aliphatic heterocycles.